The molecule has 0 bridgehead atoms. The first-order valence-corrected chi connectivity index (χ1v) is 12.6. The summed E-state index contributed by atoms with van der Waals surface area (Å²) in [5, 5.41) is 0. The summed E-state index contributed by atoms with van der Waals surface area (Å²) in [7, 11) is -3.34. The van der Waals surface area contributed by atoms with Gasteiger partial charge in [0.1, 0.15) is 5.82 Å². The van der Waals surface area contributed by atoms with Crippen molar-refractivity contribution in [3.05, 3.63) is 39.6 Å². The number of likely N-dealkylation sites (tertiary alicyclic amines) is 1. The van der Waals surface area contributed by atoms with Crippen molar-refractivity contribution in [3.8, 4) is 0 Å². The van der Waals surface area contributed by atoms with E-state index in [1.54, 1.807) is 6.92 Å². The van der Waals surface area contributed by atoms with E-state index < -0.39 is 10.0 Å². The molecule has 30 heavy (non-hydrogen) atoms. The van der Waals surface area contributed by atoms with E-state index in [1.807, 2.05) is 4.90 Å². The molecule has 2 aliphatic heterocycles. The number of carbonyl (C=O) groups excluding carboxylic acids is 1. The lowest BCUT2D eigenvalue weighted by atomic mass is 9.98. The third-order valence-corrected chi connectivity index (χ3v) is 8.33. The molecule has 0 spiro atoms. The van der Waals surface area contributed by atoms with Gasteiger partial charge in [-0.3, -0.25) is 9.59 Å². The molecule has 3 aliphatic rings. The molecule has 1 aromatic rings. The molecule has 9 heteroatoms. The van der Waals surface area contributed by atoms with Gasteiger partial charge in [0.05, 0.1) is 24.0 Å². The van der Waals surface area contributed by atoms with Gasteiger partial charge in [0.2, 0.25) is 15.9 Å². The van der Waals surface area contributed by atoms with Crippen LogP contribution in [-0.4, -0.2) is 52.3 Å². The van der Waals surface area contributed by atoms with Gasteiger partial charge in [0, 0.05) is 25.1 Å². The van der Waals surface area contributed by atoms with Crippen molar-refractivity contribution in [2.24, 2.45) is 5.92 Å². The van der Waals surface area contributed by atoms with E-state index in [2.05, 4.69) is 17.1 Å². The maximum atomic E-state index is 13.0. The molecule has 0 saturated carbocycles. The number of hydrogen-bond acceptors (Lipinski definition) is 5. The maximum absolute atomic E-state index is 13.0. The highest BCUT2D eigenvalue weighted by Gasteiger charge is 2.33. The van der Waals surface area contributed by atoms with Gasteiger partial charge in [-0.2, -0.15) is 4.31 Å². The lowest BCUT2D eigenvalue weighted by Crippen LogP contribution is -2.43. The number of nitrogens with zero attached hydrogens (tertiary/aromatic N) is 3. The molecule has 0 aromatic carbocycles. The molecular weight excluding hydrogens is 404 g/mol. The quantitative estimate of drug-likeness (QED) is 0.713. The van der Waals surface area contributed by atoms with Gasteiger partial charge in [-0.25, -0.2) is 13.4 Å². The van der Waals surface area contributed by atoms with Gasteiger partial charge in [0.25, 0.3) is 5.56 Å². The number of hydrogen-bond donors (Lipinski definition) is 1. The second kappa shape index (κ2) is 8.63. The summed E-state index contributed by atoms with van der Waals surface area (Å²) >= 11 is 0. The summed E-state index contributed by atoms with van der Waals surface area (Å²) in [6, 6.07) is -0.257. The van der Waals surface area contributed by atoms with Crippen LogP contribution in [0.1, 0.15) is 68.6 Å². The van der Waals surface area contributed by atoms with Crippen LogP contribution >= 0.6 is 0 Å². The van der Waals surface area contributed by atoms with E-state index in [-0.39, 0.29) is 29.8 Å². The van der Waals surface area contributed by atoms with Gasteiger partial charge in [0.15, 0.2) is 0 Å². The monoisotopic (exact) mass is 434 g/mol. The Morgan fingerprint density at radius 2 is 2.10 bits per heavy atom. The molecule has 3 heterocycles. The zero-order valence-electron chi connectivity index (χ0n) is 17.5. The molecule has 164 valence electrons. The van der Waals surface area contributed by atoms with Crippen molar-refractivity contribution in [2.45, 2.75) is 64.5 Å². The molecule has 8 nitrogen and oxygen atoms in total. The zero-order chi connectivity index (χ0) is 21.3. The average Bonchev–Trinajstić information content (AvgIpc) is 3.26. The summed E-state index contributed by atoms with van der Waals surface area (Å²) in [5.41, 5.74) is 0.875. The zero-order valence-corrected chi connectivity index (χ0v) is 18.3. The number of rotatable bonds is 5. The molecule has 4 rings (SSSR count). The Hall–Kier alpha value is -2.00. The van der Waals surface area contributed by atoms with Crippen LogP contribution in [0.4, 0.5) is 0 Å². The predicted molar refractivity (Wildman–Crippen MR) is 113 cm³/mol. The van der Waals surface area contributed by atoms with E-state index in [9.17, 15) is 18.0 Å². The van der Waals surface area contributed by atoms with E-state index in [0.717, 1.165) is 32.1 Å². The lowest BCUT2D eigenvalue weighted by Gasteiger charge is -2.36. The third-order valence-electron chi connectivity index (χ3n) is 6.50. The summed E-state index contributed by atoms with van der Waals surface area (Å²) in [4.78, 5) is 35.2. The number of H-pyrrole nitrogens is 1. The van der Waals surface area contributed by atoms with Crippen molar-refractivity contribution in [3.63, 3.8) is 0 Å². The van der Waals surface area contributed by atoms with Crippen LogP contribution in [0.2, 0.25) is 0 Å². The number of aromatic amines is 1. The van der Waals surface area contributed by atoms with Gasteiger partial charge in [-0.05, 0) is 51.4 Å². The minimum Gasteiger partial charge on any atom is -0.332 e. The highest BCUT2D eigenvalue weighted by Crippen LogP contribution is 2.32. The molecule has 2 atom stereocenters. The molecule has 1 N–H and O–H groups in total. The van der Waals surface area contributed by atoms with Crippen molar-refractivity contribution < 1.29 is 13.2 Å². The number of amides is 1. The molecule has 1 aromatic heterocycles. The van der Waals surface area contributed by atoms with Crippen LogP contribution in [0.5, 0.6) is 0 Å². The van der Waals surface area contributed by atoms with Crippen molar-refractivity contribution >= 4 is 15.9 Å². The van der Waals surface area contributed by atoms with E-state index in [0.29, 0.717) is 48.9 Å². The Kier molecular flexibility index (Phi) is 6.11. The first-order chi connectivity index (χ1) is 14.4. The van der Waals surface area contributed by atoms with E-state index in [4.69, 9.17) is 4.98 Å². The average molecular weight is 435 g/mol. The predicted octanol–water partition coefficient (Wildman–Crippen LogP) is 1.89. The standard InChI is InChI=1S/C21H30N4O4S/c1-2-30(28,29)24-12-10-16-17(14-24)22-20(23-21(16)27)18-9-5-6-11-25(18)19(26)13-15-7-3-4-8-15/h3,7,15,18H,2,4-6,8-14H2,1H3,(H,22,23,27). The summed E-state index contributed by atoms with van der Waals surface area (Å²) < 4.78 is 26.0. The number of fused-ring (bicyclic) bond motifs is 1. The van der Waals surface area contributed by atoms with Crippen molar-refractivity contribution in [2.75, 3.05) is 18.8 Å². The lowest BCUT2D eigenvalue weighted by molar-refractivity contribution is -0.136. The highest BCUT2D eigenvalue weighted by molar-refractivity contribution is 7.89. The summed E-state index contributed by atoms with van der Waals surface area (Å²) in [5.74, 6) is 0.915. The summed E-state index contributed by atoms with van der Waals surface area (Å²) in [6.07, 6.45) is 9.81. The Balaban J connectivity index is 1.60. The van der Waals surface area contributed by atoms with Crippen LogP contribution in [0, 0.1) is 5.92 Å². The number of nitrogens with one attached hydrogen (secondary N) is 1. The number of piperidine rings is 1. The maximum Gasteiger partial charge on any atom is 0.254 e. The first kappa shape index (κ1) is 21.2. The van der Waals surface area contributed by atoms with Crippen LogP contribution in [0.3, 0.4) is 0 Å². The van der Waals surface area contributed by atoms with Crippen LogP contribution in [0.25, 0.3) is 0 Å². The fourth-order valence-corrected chi connectivity index (χ4v) is 5.79. The van der Waals surface area contributed by atoms with E-state index in [1.165, 1.54) is 4.31 Å². The van der Waals surface area contributed by atoms with Gasteiger partial charge in [-0.15, -0.1) is 0 Å². The van der Waals surface area contributed by atoms with Gasteiger partial charge in [-0.1, -0.05) is 12.2 Å². The fourth-order valence-electron chi connectivity index (χ4n) is 4.73. The molecule has 1 saturated heterocycles. The number of sulfonamides is 1. The minimum atomic E-state index is -3.34. The van der Waals surface area contributed by atoms with Crippen LogP contribution in [-0.2, 0) is 27.8 Å². The smallest absolute Gasteiger partial charge is 0.254 e. The Bertz CT molecular complexity index is 1000. The van der Waals surface area contributed by atoms with Crippen molar-refractivity contribution in [1.82, 2.24) is 19.2 Å². The number of carbonyl (C=O) groups is 1. The Morgan fingerprint density at radius 1 is 1.27 bits per heavy atom. The molecular formula is C21H30N4O4S. The molecule has 0 radical (unpaired) electrons. The molecule has 2 unspecified atom stereocenters. The Morgan fingerprint density at radius 3 is 2.83 bits per heavy atom. The second-order valence-corrected chi connectivity index (χ2v) is 10.7. The fraction of sp³-hybridized carbons (Fsp3) is 0.667. The topological polar surface area (TPSA) is 103 Å². The van der Waals surface area contributed by atoms with Crippen LogP contribution < -0.4 is 5.56 Å². The molecule has 1 aliphatic carbocycles. The SMILES string of the molecule is CCS(=O)(=O)N1CCc2c(nc(C3CCCCN3C(=O)CC3C=CCC3)[nH]c2=O)C1. The van der Waals surface area contributed by atoms with E-state index >= 15 is 0 Å². The van der Waals surface area contributed by atoms with Crippen LogP contribution in [0.15, 0.2) is 16.9 Å². The minimum absolute atomic E-state index is 0.0267. The highest BCUT2D eigenvalue weighted by atomic mass is 32.2. The van der Waals surface area contributed by atoms with Gasteiger partial charge < -0.3 is 9.88 Å². The number of aromatic nitrogens is 2. The Labute approximate surface area is 177 Å². The summed E-state index contributed by atoms with van der Waals surface area (Å²) in [6.45, 7) is 2.70. The first-order valence-electron chi connectivity index (χ1n) is 10.9. The van der Waals surface area contributed by atoms with Crippen molar-refractivity contribution in [1.29, 1.82) is 0 Å². The number of allylic oxidation sites excluding steroid dienone is 2. The molecule has 1 amide bonds. The normalized spacial score (nSPS) is 24.8. The molecule has 1 fully saturated rings. The third kappa shape index (κ3) is 4.23. The second-order valence-electron chi connectivity index (χ2n) is 8.43. The van der Waals surface area contributed by atoms with Gasteiger partial charge >= 0.3 is 0 Å². The largest absolute Gasteiger partial charge is 0.332 e.